The topological polar surface area (TPSA) is 49.4 Å². The molecule has 0 saturated heterocycles. The van der Waals surface area contributed by atoms with Crippen molar-refractivity contribution in [1.82, 2.24) is 10.2 Å². The normalized spacial score (nSPS) is 21.1. The molecule has 0 unspecified atom stereocenters. The van der Waals surface area contributed by atoms with Gasteiger partial charge in [0.15, 0.2) is 0 Å². The minimum Gasteiger partial charge on any atom is -0.351 e. The van der Waals surface area contributed by atoms with E-state index in [9.17, 15) is 18.4 Å². The molecule has 1 saturated carbocycles. The monoisotopic (exact) mass is 334 g/mol. The first-order valence-corrected chi connectivity index (χ1v) is 8.29. The van der Waals surface area contributed by atoms with Gasteiger partial charge in [0.2, 0.25) is 5.91 Å². The van der Waals surface area contributed by atoms with Crippen LogP contribution in [0, 0.1) is 11.6 Å². The highest BCUT2D eigenvalue weighted by Gasteiger charge is 2.33. The van der Waals surface area contributed by atoms with Crippen LogP contribution in [0.1, 0.15) is 42.5 Å². The average Bonchev–Trinajstić information content (AvgIpc) is 3.05. The summed E-state index contributed by atoms with van der Waals surface area (Å²) in [5.74, 6) is -2.51. The minimum atomic E-state index is -0.918. The van der Waals surface area contributed by atoms with Crippen molar-refractivity contribution in [2.45, 2.75) is 44.2 Å². The molecule has 1 aliphatic heterocycles. The maximum absolute atomic E-state index is 13.8. The molecule has 6 heteroatoms. The lowest BCUT2D eigenvalue weighted by atomic mass is 9.95. The maximum Gasteiger partial charge on any atom is 0.258 e. The number of nitrogens with zero attached hydrogens (tertiary/aromatic N) is 1. The second-order valence-electron chi connectivity index (χ2n) is 6.30. The Labute approximate surface area is 139 Å². The van der Waals surface area contributed by atoms with Gasteiger partial charge in [-0.05, 0) is 25.0 Å². The van der Waals surface area contributed by atoms with E-state index in [2.05, 4.69) is 5.32 Å². The highest BCUT2D eigenvalue weighted by atomic mass is 19.1. The van der Waals surface area contributed by atoms with Crippen LogP contribution in [0.3, 0.4) is 0 Å². The molecular formula is C18H20F2N2O2. The molecule has 4 nitrogen and oxygen atoms in total. The molecule has 3 rings (SSSR count). The molecule has 2 amide bonds. The van der Waals surface area contributed by atoms with Gasteiger partial charge in [-0.2, -0.15) is 0 Å². The van der Waals surface area contributed by atoms with Crippen LogP contribution in [0.15, 0.2) is 30.4 Å². The molecular weight excluding hydrogens is 314 g/mol. The predicted molar refractivity (Wildman–Crippen MR) is 85.3 cm³/mol. The summed E-state index contributed by atoms with van der Waals surface area (Å²) in [6, 6.07) is 2.22. The Morgan fingerprint density at radius 1 is 1.12 bits per heavy atom. The van der Waals surface area contributed by atoms with Crippen LogP contribution in [0.25, 0.3) is 0 Å². The number of halogens is 2. The Kier molecular flexibility index (Phi) is 4.92. The largest absolute Gasteiger partial charge is 0.351 e. The molecule has 24 heavy (non-hydrogen) atoms. The number of carbonyl (C=O) groups is 2. The molecule has 1 aromatic rings. The SMILES string of the molecule is O=C(NC1CCCCC1)[C@@H]1C=CCN1C(=O)c1ccc(F)cc1F. The van der Waals surface area contributed by atoms with Crippen molar-refractivity contribution >= 4 is 11.8 Å². The molecule has 1 heterocycles. The summed E-state index contributed by atoms with van der Waals surface area (Å²) < 4.78 is 26.9. The standard InChI is InChI=1S/C18H20F2N2O2/c19-12-8-9-14(15(20)11-12)18(24)22-10-4-7-16(22)17(23)21-13-5-2-1-3-6-13/h4,7-9,11,13,16H,1-3,5-6,10H2,(H,21,23)/t16-/m0/s1. The van der Waals surface area contributed by atoms with Gasteiger partial charge in [0.25, 0.3) is 5.91 Å². The molecule has 0 aromatic heterocycles. The first-order chi connectivity index (χ1) is 11.6. The zero-order valence-corrected chi connectivity index (χ0v) is 13.3. The molecule has 0 spiro atoms. The Morgan fingerprint density at radius 2 is 1.88 bits per heavy atom. The second-order valence-corrected chi connectivity index (χ2v) is 6.30. The minimum absolute atomic E-state index is 0.139. The summed E-state index contributed by atoms with van der Waals surface area (Å²) in [5, 5.41) is 2.98. The van der Waals surface area contributed by atoms with Gasteiger partial charge >= 0.3 is 0 Å². The van der Waals surface area contributed by atoms with Crippen molar-refractivity contribution in [3.63, 3.8) is 0 Å². The number of amides is 2. The molecule has 1 aliphatic carbocycles. The first kappa shape index (κ1) is 16.6. The smallest absolute Gasteiger partial charge is 0.258 e. The number of nitrogens with one attached hydrogen (secondary N) is 1. The van der Waals surface area contributed by atoms with Gasteiger partial charge < -0.3 is 10.2 Å². The van der Waals surface area contributed by atoms with Crippen LogP contribution in [0.2, 0.25) is 0 Å². The maximum atomic E-state index is 13.8. The zero-order valence-electron chi connectivity index (χ0n) is 13.3. The van der Waals surface area contributed by atoms with Gasteiger partial charge in [-0.25, -0.2) is 8.78 Å². The highest BCUT2D eigenvalue weighted by Crippen LogP contribution is 2.20. The Bertz CT molecular complexity index is 669. The number of benzene rings is 1. The third kappa shape index (κ3) is 3.47. The Balaban J connectivity index is 1.70. The number of rotatable bonds is 3. The lowest BCUT2D eigenvalue weighted by Crippen LogP contribution is -2.49. The highest BCUT2D eigenvalue weighted by molar-refractivity contribution is 5.99. The van der Waals surface area contributed by atoms with Crippen molar-refractivity contribution in [1.29, 1.82) is 0 Å². The Hall–Kier alpha value is -2.24. The van der Waals surface area contributed by atoms with Gasteiger partial charge in [-0.1, -0.05) is 31.4 Å². The second kappa shape index (κ2) is 7.11. The quantitative estimate of drug-likeness (QED) is 0.864. The fourth-order valence-electron chi connectivity index (χ4n) is 3.31. The van der Waals surface area contributed by atoms with Gasteiger partial charge in [-0.3, -0.25) is 9.59 Å². The predicted octanol–water partition coefficient (Wildman–Crippen LogP) is 2.79. The first-order valence-electron chi connectivity index (χ1n) is 8.29. The fourth-order valence-corrected chi connectivity index (χ4v) is 3.31. The van der Waals surface area contributed by atoms with Gasteiger partial charge in [0.05, 0.1) is 5.56 Å². The van der Waals surface area contributed by atoms with Crippen molar-refractivity contribution in [2.24, 2.45) is 0 Å². The lowest BCUT2D eigenvalue weighted by molar-refractivity contribution is -0.124. The van der Waals surface area contributed by atoms with E-state index in [1.54, 1.807) is 12.2 Å². The van der Waals surface area contributed by atoms with E-state index in [1.807, 2.05) is 0 Å². The summed E-state index contributed by atoms with van der Waals surface area (Å²) in [6.07, 6.45) is 8.63. The molecule has 1 atom stereocenters. The summed E-state index contributed by atoms with van der Waals surface area (Å²) >= 11 is 0. The third-order valence-corrected chi connectivity index (χ3v) is 4.60. The van der Waals surface area contributed by atoms with Gasteiger partial charge in [-0.15, -0.1) is 0 Å². The molecule has 1 aromatic carbocycles. The fraction of sp³-hybridized carbons (Fsp3) is 0.444. The van der Waals surface area contributed by atoms with Crippen LogP contribution in [0.5, 0.6) is 0 Å². The van der Waals surface area contributed by atoms with Crippen molar-refractivity contribution < 1.29 is 18.4 Å². The summed E-state index contributed by atoms with van der Waals surface area (Å²) in [4.78, 5) is 26.3. The van der Waals surface area contributed by atoms with E-state index >= 15 is 0 Å². The summed E-state index contributed by atoms with van der Waals surface area (Å²) in [7, 11) is 0. The number of hydrogen-bond acceptors (Lipinski definition) is 2. The number of carbonyl (C=O) groups excluding carboxylic acids is 2. The van der Waals surface area contributed by atoms with Crippen LogP contribution < -0.4 is 5.32 Å². The van der Waals surface area contributed by atoms with E-state index in [-0.39, 0.29) is 24.1 Å². The third-order valence-electron chi connectivity index (χ3n) is 4.60. The molecule has 128 valence electrons. The molecule has 0 bridgehead atoms. The summed E-state index contributed by atoms with van der Waals surface area (Å²) in [5.41, 5.74) is -0.226. The van der Waals surface area contributed by atoms with Crippen molar-refractivity contribution in [3.05, 3.63) is 47.5 Å². The van der Waals surface area contributed by atoms with Crippen LogP contribution >= 0.6 is 0 Å². The van der Waals surface area contributed by atoms with E-state index in [1.165, 1.54) is 11.3 Å². The van der Waals surface area contributed by atoms with Crippen LogP contribution in [0.4, 0.5) is 8.78 Å². The van der Waals surface area contributed by atoms with Gasteiger partial charge in [0.1, 0.15) is 17.7 Å². The van der Waals surface area contributed by atoms with E-state index in [0.29, 0.717) is 6.07 Å². The molecule has 1 N–H and O–H groups in total. The van der Waals surface area contributed by atoms with Crippen molar-refractivity contribution in [2.75, 3.05) is 6.54 Å². The van der Waals surface area contributed by atoms with E-state index in [0.717, 1.165) is 37.8 Å². The molecule has 2 aliphatic rings. The molecule has 1 fully saturated rings. The van der Waals surface area contributed by atoms with E-state index in [4.69, 9.17) is 0 Å². The zero-order chi connectivity index (χ0) is 17.1. The Morgan fingerprint density at radius 3 is 2.58 bits per heavy atom. The van der Waals surface area contributed by atoms with Gasteiger partial charge in [0, 0.05) is 18.7 Å². The van der Waals surface area contributed by atoms with Crippen molar-refractivity contribution in [3.8, 4) is 0 Å². The van der Waals surface area contributed by atoms with E-state index < -0.39 is 23.6 Å². The average molecular weight is 334 g/mol. The molecule has 0 radical (unpaired) electrons. The number of hydrogen-bond donors (Lipinski definition) is 1. The summed E-state index contributed by atoms with van der Waals surface area (Å²) in [6.45, 7) is 0.235. The lowest BCUT2D eigenvalue weighted by Gasteiger charge is -2.28. The van der Waals surface area contributed by atoms with Crippen LogP contribution in [-0.2, 0) is 4.79 Å². The van der Waals surface area contributed by atoms with Crippen LogP contribution in [-0.4, -0.2) is 35.3 Å².